The van der Waals surface area contributed by atoms with E-state index in [-0.39, 0.29) is 11.2 Å². The maximum absolute atomic E-state index is 6.19. The van der Waals surface area contributed by atoms with Crippen molar-refractivity contribution in [3.63, 3.8) is 0 Å². The van der Waals surface area contributed by atoms with Crippen LogP contribution in [0, 0.1) is 5.92 Å². The van der Waals surface area contributed by atoms with Crippen molar-refractivity contribution < 1.29 is 4.74 Å². The van der Waals surface area contributed by atoms with Crippen LogP contribution in [-0.4, -0.2) is 23.3 Å². The zero-order valence-electron chi connectivity index (χ0n) is 13.6. The van der Waals surface area contributed by atoms with Gasteiger partial charge in [-0.2, -0.15) is 0 Å². The second-order valence-electron chi connectivity index (χ2n) is 7.89. The van der Waals surface area contributed by atoms with Crippen LogP contribution in [0.2, 0.25) is 0 Å². The number of rotatable bonds is 4. The summed E-state index contributed by atoms with van der Waals surface area (Å²) >= 11 is 0. The van der Waals surface area contributed by atoms with Crippen molar-refractivity contribution in [3.8, 4) is 0 Å². The molecule has 1 saturated heterocycles. The van der Waals surface area contributed by atoms with Gasteiger partial charge in [0.25, 0.3) is 0 Å². The molecule has 0 bridgehead atoms. The average molecular weight is 267 g/mol. The van der Waals surface area contributed by atoms with E-state index in [9.17, 15) is 0 Å². The van der Waals surface area contributed by atoms with Crippen LogP contribution in [-0.2, 0) is 4.74 Å². The first-order chi connectivity index (χ1) is 8.82. The average Bonchev–Trinajstić information content (AvgIpc) is 2.50. The van der Waals surface area contributed by atoms with Crippen molar-refractivity contribution in [1.82, 2.24) is 5.32 Å². The Labute approximate surface area is 119 Å². The highest BCUT2D eigenvalue weighted by Gasteiger charge is 2.46. The minimum absolute atomic E-state index is 0.0240. The quantitative estimate of drug-likeness (QED) is 0.821. The van der Waals surface area contributed by atoms with E-state index in [1.165, 1.54) is 38.5 Å². The van der Waals surface area contributed by atoms with E-state index in [4.69, 9.17) is 4.74 Å². The van der Waals surface area contributed by atoms with Crippen molar-refractivity contribution in [2.24, 2.45) is 5.92 Å². The van der Waals surface area contributed by atoms with Crippen LogP contribution in [0.5, 0.6) is 0 Å². The summed E-state index contributed by atoms with van der Waals surface area (Å²) in [5, 5.41) is 3.90. The minimum atomic E-state index is -0.0240. The fourth-order valence-electron chi connectivity index (χ4n) is 4.13. The van der Waals surface area contributed by atoms with Crippen molar-refractivity contribution in [3.05, 3.63) is 0 Å². The van der Waals surface area contributed by atoms with Crippen LogP contribution in [0.4, 0.5) is 0 Å². The molecule has 0 aromatic rings. The Hall–Kier alpha value is -0.0800. The predicted octanol–water partition coefficient (Wildman–Crippen LogP) is 4.28. The topological polar surface area (TPSA) is 21.3 Å². The highest BCUT2D eigenvalue weighted by Crippen LogP contribution is 2.38. The third-order valence-corrected chi connectivity index (χ3v) is 5.05. The molecule has 1 aliphatic carbocycles. The standard InChI is InChI=1S/C17H33NO/c1-6-7-13-8-10-14(11-9-13)18-15-12-16(2,3)19-17(15,4)5/h13-15,18H,6-12H2,1-5H3. The lowest BCUT2D eigenvalue weighted by atomic mass is 9.82. The number of ether oxygens (including phenoxy) is 1. The third kappa shape index (κ3) is 3.95. The first kappa shape index (κ1) is 15.3. The Morgan fingerprint density at radius 3 is 2.16 bits per heavy atom. The molecule has 2 heteroatoms. The van der Waals surface area contributed by atoms with Gasteiger partial charge >= 0.3 is 0 Å². The van der Waals surface area contributed by atoms with Gasteiger partial charge in [-0.15, -0.1) is 0 Å². The van der Waals surface area contributed by atoms with Gasteiger partial charge in [0.15, 0.2) is 0 Å². The van der Waals surface area contributed by atoms with E-state index < -0.39 is 0 Å². The Morgan fingerprint density at radius 2 is 1.68 bits per heavy atom. The predicted molar refractivity (Wildman–Crippen MR) is 81.4 cm³/mol. The lowest BCUT2D eigenvalue weighted by Crippen LogP contribution is -2.48. The smallest absolute Gasteiger partial charge is 0.0787 e. The molecular weight excluding hydrogens is 234 g/mol. The summed E-state index contributed by atoms with van der Waals surface area (Å²) in [7, 11) is 0. The second-order valence-corrected chi connectivity index (χ2v) is 7.89. The van der Waals surface area contributed by atoms with Gasteiger partial charge in [-0.1, -0.05) is 19.8 Å². The highest BCUT2D eigenvalue weighted by atomic mass is 16.5. The maximum atomic E-state index is 6.19. The molecule has 0 amide bonds. The molecule has 0 spiro atoms. The van der Waals surface area contributed by atoms with Gasteiger partial charge in [-0.05, 0) is 65.7 Å². The fourth-order valence-corrected chi connectivity index (χ4v) is 4.13. The van der Waals surface area contributed by atoms with Crippen LogP contribution < -0.4 is 5.32 Å². The highest BCUT2D eigenvalue weighted by molar-refractivity contribution is 5.00. The molecule has 1 atom stereocenters. The number of nitrogens with one attached hydrogen (secondary N) is 1. The van der Waals surface area contributed by atoms with Crippen molar-refractivity contribution >= 4 is 0 Å². The van der Waals surface area contributed by atoms with E-state index in [0.29, 0.717) is 6.04 Å². The van der Waals surface area contributed by atoms with Crippen molar-refractivity contribution in [2.45, 2.75) is 103 Å². The minimum Gasteiger partial charge on any atom is -0.368 e. The molecular formula is C17H33NO. The Bertz CT molecular complexity index is 290. The van der Waals surface area contributed by atoms with E-state index in [0.717, 1.165) is 18.4 Å². The van der Waals surface area contributed by atoms with Crippen LogP contribution in [0.3, 0.4) is 0 Å². The van der Waals surface area contributed by atoms with Gasteiger partial charge in [-0.25, -0.2) is 0 Å². The SMILES string of the molecule is CCCC1CCC(NC2CC(C)(C)OC2(C)C)CC1. The summed E-state index contributed by atoms with van der Waals surface area (Å²) in [6.07, 6.45) is 9.47. The third-order valence-electron chi connectivity index (χ3n) is 5.05. The first-order valence-electron chi connectivity index (χ1n) is 8.28. The molecule has 19 heavy (non-hydrogen) atoms. The molecule has 1 unspecified atom stereocenters. The molecule has 1 heterocycles. The van der Waals surface area contributed by atoms with Gasteiger partial charge < -0.3 is 10.1 Å². The summed E-state index contributed by atoms with van der Waals surface area (Å²) in [4.78, 5) is 0. The molecule has 1 N–H and O–H groups in total. The van der Waals surface area contributed by atoms with Crippen LogP contribution in [0.25, 0.3) is 0 Å². The Kier molecular flexibility index (Phi) is 4.62. The van der Waals surface area contributed by atoms with Gasteiger partial charge in [0.1, 0.15) is 0 Å². The molecule has 2 nitrogen and oxygen atoms in total. The largest absolute Gasteiger partial charge is 0.368 e. The van der Waals surface area contributed by atoms with Crippen molar-refractivity contribution in [1.29, 1.82) is 0 Å². The molecule has 0 aromatic heterocycles. The molecule has 112 valence electrons. The molecule has 1 saturated carbocycles. The van der Waals surface area contributed by atoms with Crippen LogP contribution >= 0.6 is 0 Å². The molecule has 2 aliphatic rings. The Morgan fingerprint density at radius 1 is 1.05 bits per heavy atom. The van der Waals surface area contributed by atoms with E-state index in [1.54, 1.807) is 0 Å². The zero-order chi connectivity index (χ0) is 14.1. The number of hydrogen-bond acceptors (Lipinski definition) is 2. The number of hydrogen-bond donors (Lipinski definition) is 1. The second kappa shape index (κ2) is 5.73. The monoisotopic (exact) mass is 267 g/mol. The van der Waals surface area contributed by atoms with Crippen LogP contribution in [0.1, 0.15) is 79.6 Å². The van der Waals surface area contributed by atoms with Crippen LogP contribution in [0.15, 0.2) is 0 Å². The molecule has 2 rings (SSSR count). The first-order valence-corrected chi connectivity index (χ1v) is 8.28. The van der Waals surface area contributed by atoms with E-state index in [2.05, 4.69) is 39.9 Å². The van der Waals surface area contributed by atoms with Crippen molar-refractivity contribution in [2.75, 3.05) is 0 Å². The maximum Gasteiger partial charge on any atom is 0.0787 e. The van der Waals surface area contributed by atoms with Gasteiger partial charge in [0, 0.05) is 12.1 Å². The fraction of sp³-hybridized carbons (Fsp3) is 1.00. The zero-order valence-corrected chi connectivity index (χ0v) is 13.6. The summed E-state index contributed by atoms with van der Waals surface area (Å²) in [5.41, 5.74) is 0.00431. The summed E-state index contributed by atoms with van der Waals surface area (Å²) in [5.74, 6) is 0.993. The molecule has 0 aromatic carbocycles. The summed E-state index contributed by atoms with van der Waals surface area (Å²) in [6.45, 7) is 11.2. The molecule has 2 fully saturated rings. The Balaban J connectivity index is 1.83. The lowest BCUT2D eigenvalue weighted by Gasteiger charge is -2.35. The summed E-state index contributed by atoms with van der Waals surface area (Å²) in [6, 6.07) is 1.23. The van der Waals surface area contributed by atoms with Gasteiger partial charge in [0.2, 0.25) is 0 Å². The normalized spacial score (nSPS) is 37.4. The van der Waals surface area contributed by atoms with Gasteiger partial charge in [-0.3, -0.25) is 0 Å². The lowest BCUT2D eigenvalue weighted by molar-refractivity contribution is -0.0707. The van der Waals surface area contributed by atoms with E-state index >= 15 is 0 Å². The van der Waals surface area contributed by atoms with E-state index in [1.807, 2.05) is 0 Å². The molecule has 0 radical (unpaired) electrons. The summed E-state index contributed by atoms with van der Waals surface area (Å²) < 4.78 is 6.19. The molecule has 1 aliphatic heterocycles. The van der Waals surface area contributed by atoms with Gasteiger partial charge in [0.05, 0.1) is 11.2 Å².